The molecule has 0 N–H and O–H groups in total. The summed E-state index contributed by atoms with van der Waals surface area (Å²) in [4.78, 5) is 16.7. The molecule has 1 heterocycles. The van der Waals surface area contributed by atoms with E-state index in [-0.39, 0.29) is 10.9 Å². The van der Waals surface area contributed by atoms with Crippen LogP contribution < -0.4 is 4.31 Å². The van der Waals surface area contributed by atoms with E-state index in [4.69, 9.17) is 11.6 Å². The zero-order valence-corrected chi connectivity index (χ0v) is 15.2. The number of anilines is 1. The molecule has 1 saturated heterocycles. The molecule has 0 aromatic heterocycles. The number of amides is 1. The summed E-state index contributed by atoms with van der Waals surface area (Å²) in [5, 5.41) is 0.265. The van der Waals surface area contributed by atoms with Gasteiger partial charge in [-0.3, -0.25) is 9.10 Å². The second kappa shape index (κ2) is 7.07. The average Bonchev–Trinajstić information content (AvgIpc) is 2.52. The molecule has 1 aliphatic rings. The second-order valence-corrected chi connectivity index (χ2v) is 8.04. The first-order valence-corrected chi connectivity index (χ1v) is 9.71. The van der Waals surface area contributed by atoms with E-state index >= 15 is 0 Å². The van der Waals surface area contributed by atoms with Crippen LogP contribution in [0.3, 0.4) is 0 Å². The van der Waals surface area contributed by atoms with Gasteiger partial charge in [0.05, 0.1) is 22.5 Å². The van der Waals surface area contributed by atoms with Crippen LogP contribution in [0.15, 0.2) is 18.2 Å². The molecule has 8 heteroatoms. The first-order chi connectivity index (χ1) is 10.7. The van der Waals surface area contributed by atoms with E-state index in [1.54, 1.807) is 17.0 Å². The summed E-state index contributed by atoms with van der Waals surface area (Å²) in [5.74, 6) is -0.112. The standard InChI is InChI=1S/C15H22ClN3O3S/c1-4-18-7-9-19(10-8-18)15(20)13-6-5-12(11-14(13)16)17(2)23(3,21)22/h5-6,11H,4,7-10H2,1-3H3. The molecule has 1 aromatic carbocycles. The van der Waals surface area contributed by atoms with Gasteiger partial charge in [0.25, 0.3) is 5.91 Å². The van der Waals surface area contributed by atoms with Crippen LogP contribution in [0.1, 0.15) is 17.3 Å². The fraction of sp³-hybridized carbons (Fsp3) is 0.533. The number of hydrogen-bond donors (Lipinski definition) is 0. The van der Waals surface area contributed by atoms with Crippen LogP contribution in [0, 0.1) is 0 Å². The quantitative estimate of drug-likeness (QED) is 0.817. The Labute approximate surface area is 142 Å². The Kier molecular flexibility index (Phi) is 5.54. The molecular formula is C15H22ClN3O3S. The summed E-state index contributed by atoms with van der Waals surface area (Å²) >= 11 is 6.21. The van der Waals surface area contributed by atoms with E-state index in [1.807, 2.05) is 0 Å². The van der Waals surface area contributed by atoms with Crippen LogP contribution in [0.25, 0.3) is 0 Å². The van der Waals surface area contributed by atoms with Crippen LogP contribution in [-0.2, 0) is 10.0 Å². The lowest BCUT2D eigenvalue weighted by Crippen LogP contribution is -2.48. The SMILES string of the molecule is CCN1CCN(C(=O)c2ccc(N(C)S(C)(=O)=O)cc2Cl)CC1. The van der Waals surface area contributed by atoms with Gasteiger partial charge in [0, 0.05) is 33.2 Å². The highest BCUT2D eigenvalue weighted by Gasteiger charge is 2.23. The Morgan fingerprint density at radius 3 is 2.35 bits per heavy atom. The monoisotopic (exact) mass is 359 g/mol. The highest BCUT2D eigenvalue weighted by Crippen LogP contribution is 2.25. The van der Waals surface area contributed by atoms with Crippen LogP contribution in [0.4, 0.5) is 5.69 Å². The van der Waals surface area contributed by atoms with E-state index in [0.717, 1.165) is 30.2 Å². The van der Waals surface area contributed by atoms with Crippen molar-refractivity contribution in [1.29, 1.82) is 0 Å². The predicted octanol–water partition coefficient (Wildman–Crippen LogP) is 1.51. The Morgan fingerprint density at radius 2 is 1.87 bits per heavy atom. The Morgan fingerprint density at radius 1 is 1.26 bits per heavy atom. The number of carbonyl (C=O) groups excluding carboxylic acids is 1. The lowest BCUT2D eigenvalue weighted by molar-refractivity contribution is 0.0643. The second-order valence-electron chi connectivity index (χ2n) is 5.62. The third-order valence-corrected chi connectivity index (χ3v) is 5.67. The van der Waals surface area contributed by atoms with Crippen molar-refractivity contribution in [2.45, 2.75) is 6.92 Å². The number of nitrogens with zero attached hydrogens (tertiary/aromatic N) is 3. The molecule has 1 amide bonds. The van der Waals surface area contributed by atoms with Crippen molar-refractivity contribution in [2.75, 3.05) is 50.3 Å². The summed E-state index contributed by atoms with van der Waals surface area (Å²) in [7, 11) is -1.91. The van der Waals surface area contributed by atoms with Crippen molar-refractivity contribution < 1.29 is 13.2 Å². The summed E-state index contributed by atoms with van der Waals surface area (Å²) < 4.78 is 24.3. The van der Waals surface area contributed by atoms with Gasteiger partial charge in [-0.15, -0.1) is 0 Å². The molecule has 0 bridgehead atoms. The molecular weight excluding hydrogens is 338 g/mol. The number of benzene rings is 1. The molecule has 0 aliphatic carbocycles. The van der Waals surface area contributed by atoms with Crippen LogP contribution in [0.5, 0.6) is 0 Å². The molecule has 128 valence electrons. The first-order valence-electron chi connectivity index (χ1n) is 7.49. The smallest absolute Gasteiger partial charge is 0.255 e. The van der Waals surface area contributed by atoms with Gasteiger partial charge in [0.2, 0.25) is 10.0 Å². The number of rotatable bonds is 4. The van der Waals surface area contributed by atoms with Gasteiger partial charge in [-0.1, -0.05) is 18.5 Å². The molecule has 6 nitrogen and oxygen atoms in total. The first kappa shape index (κ1) is 18.0. The molecule has 1 aliphatic heterocycles. The van der Waals surface area contributed by atoms with Gasteiger partial charge in [-0.05, 0) is 24.7 Å². The Bertz CT molecular complexity index is 685. The van der Waals surface area contributed by atoms with E-state index < -0.39 is 10.0 Å². The van der Waals surface area contributed by atoms with E-state index in [1.165, 1.54) is 13.1 Å². The molecule has 0 saturated carbocycles. The Hall–Kier alpha value is -1.31. The normalized spacial score (nSPS) is 16.4. The highest BCUT2D eigenvalue weighted by molar-refractivity contribution is 7.92. The van der Waals surface area contributed by atoms with Crippen molar-refractivity contribution in [2.24, 2.45) is 0 Å². The largest absolute Gasteiger partial charge is 0.336 e. The maximum absolute atomic E-state index is 12.6. The average molecular weight is 360 g/mol. The molecule has 1 fully saturated rings. The summed E-state index contributed by atoms with van der Waals surface area (Å²) in [5.41, 5.74) is 0.840. The van der Waals surface area contributed by atoms with Crippen molar-refractivity contribution >= 4 is 33.2 Å². The third-order valence-electron chi connectivity index (χ3n) is 4.15. The number of likely N-dealkylation sites (N-methyl/N-ethyl adjacent to an activating group) is 1. The van der Waals surface area contributed by atoms with Gasteiger partial charge in [0.15, 0.2) is 0 Å². The summed E-state index contributed by atoms with van der Waals surface area (Å²) in [6, 6.07) is 4.70. The molecule has 0 spiro atoms. The maximum atomic E-state index is 12.6. The Balaban J connectivity index is 2.16. The van der Waals surface area contributed by atoms with E-state index in [9.17, 15) is 13.2 Å². The third kappa shape index (κ3) is 4.16. The fourth-order valence-corrected chi connectivity index (χ4v) is 3.25. The number of halogens is 1. The minimum atomic E-state index is -3.36. The highest BCUT2D eigenvalue weighted by atomic mass is 35.5. The minimum absolute atomic E-state index is 0.112. The number of carbonyl (C=O) groups is 1. The molecule has 0 radical (unpaired) electrons. The fourth-order valence-electron chi connectivity index (χ4n) is 2.50. The zero-order chi connectivity index (χ0) is 17.2. The lowest BCUT2D eigenvalue weighted by Gasteiger charge is -2.34. The van der Waals surface area contributed by atoms with Crippen LogP contribution in [-0.4, -0.2) is 70.2 Å². The molecule has 1 aromatic rings. The van der Waals surface area contributed by atoms with Crippen LogP contribution in [0.2, 0.25) is 5.02 Å². The zero-order valence-electron chi connectivity index (χ0n) is 13.6. The topological polar surface area (TPSA) is 60.9 Å². The van der Waals surface area contributed by atoms with Gasteiger partial charge >= 0.3 is 0 Å². The molecule has 0 atom stereocenters. The summed E-state index contributed by atoms with van der Waals surface area (Å²) in [6.07, 6.45) is 1.12. The van der Waals surface area contributed by atoms with Crippen molar-refractivity contribution in [3.05, 3.63) is 28.8 Å². The summed E-state index contributed by atoms with van der Waals surface area (Å²) in [6.45, 7) is 6.15. The van der Waals surface area contributed by atoms with Gasteiger partial charge in [0.1, 0.15) is 0 Å². The van der Waals surface area contributed by atoms with Crippen molar-refractivity contribution in [3.8, 4) is 0 Å². The number of piperazine rings is 1. The number of sulfonamides is 1. The van der Waals surface area contributed by atoms with Crippen LogP contribution >= 0.6 is 11.6 Å². The van der Waals surface area contributed by atoms with Gasteiger partial charge in [-0.25, -0.2) is 8.42 Å². The van der Waals surface area contributed by atoms with Crippen molar-refractivity contribution in [1.82, 2.24) is 9.80 Å². The van der Waals surface area contributed by atoms with Gasteiger partial charge < -0.3 is 9.80 Å². The van der Waals surface area contributed by atoms with E-state index in [2.05, 4.69) is 11.8 Å². The minimum Gasteiger partial charge on any atom is -0.336 e. The predicted molar refractivity (Wildman–Crippen MR) is 92.7 cm³/mol. The molecule has 23 heavy (non-hydrogen) atoms. The number of hydrogen-bond acceptors (Lipinski definition) is 4. The molecule has 0 unspecified atom stereocenters. The van der Waals surface area contributed by atoms with Gasteiger partial charge in [-0.2, -0.15) is 0 Å². The lowest BCUT2D eigenvalue weighted by atomic mass is 10.1. The molecule has 2 rings (SSSR count). The van der Waals surface area contributed by atoms with E-state index in [0.29, 0.717) is 24.3 Å². The maximum Gasteiger partial charge on any atom is 0.255 e. The van der Waals surface area contributed by atoms with Crippen molar-refractivity contribution in [3.63, 3.8) is 0 Å².